The molecule has 2 aromatic carbocycles. The summed E-state index contributed by atoms with van der Waals surface area (Å²) in [7, 11) is 0. The highest BCUT2D eigenvalue weighted by atomic mass is 32.1. The molecule has 0 radical (unpaired) electrons. The predicted molar refractivity (Wildman–Crippen MR) is 127 cm³/mol. The highest BCUT2D eigenvalue weighted by Gasteiger charge is 2.12. The number of nitriles is 1. The van der Waals surface area contributed by atoms with Crippen LogP contribution in [0, 0.1) is 18.3 Å². The quantitative estimate of drug-likeness (QED) is 0.425. The van der Waals surface area contributed by atoms with Crippen molar-refractivity contribution in [3.8, 4) is 16.6 Å². The summed E-state index contributed by atoms with van der Waals surface area (Å²) in [6, 6.07) is 16.0. The molecule has 0 atom stereocenters. The number of carbonyl (C=O) groups excluding carboxylic acids is 1. The molecule has 1 aliphatic rings. The lowest BCUT2D eigenvalue weighted by atomic mass is 10.2. The highest BCUT2D eigenvalue weighted by Crippen LogP contribution is 2.31. The molecular weight excluding hydrogens is 422 g/mol. The Hall–Kier alpha value is -3.25. The maximum atomic E-state index is 12.3. The van der Waals surface area contributed by atoms with E-state index in [-0.39, 0.29) is 11.5 Å². The van der Waals surface area contributed by atoms with Crippen molar-refractivity contribution in [1.82, 2.24) is 15.2 Å². The fourth-order valence-corrected chi connectivity index (χ4v) is 4.49. The fourth-order valence-electron chi connectivity index (χ4n) is 3.42. The van der Waals surface area contributed by atoms with Crippen molar-refractivity contribution in [2.45, 2.75) is 6.92 Å². The van der Waals surface area contributed by atoms with Crippen LogP contribution in [0.4, 0.5) is 5.69 Å². The van der Waals surface area contributed by atoms with Gasteiger partial charge in [-0.15, -0.1) is 11.3 Å². The maximum absolute atomic E-state index is 12.3. The number of fused-ring (bicyclic) bond motifs is 1. The van der Waals surface area contributed by atoms with Crippen molar-refractivity contribution in [2.24, 2.45) is 0 Å². The van der Waals surface area contributed by atoms with Gasteiger partial charge in [0.1, 0.15) is 16.6 Å². The van der Waals surface area contributed by atoms with Gasteiger partial charge < -0.3 is 15.4 Å². The first-order chi connectivity index (χ1) is 15.6. The molecular formula is C24H25N5O2S. The number of carbonyl (C=O) groups is 1. The van der Waals surface area contributed by atoms with Crippen LogP contribution in [0.3, 0.4) is 0 Å². The average Bonchev–Trinajstić information content (AvgIpc) is 3.24. The highest BCUT2D eigenvalue weighted by molar-refractivity contribution is 7.21. The zero-order valence-corrected chi connectivity index (χ0v) is 18.7. The van der Waals surface area contributed by atoms with Crippen molar-refractivity contribution in [3.63, 3.8) is 0 Å². The molecule has 1 fully saturated rings. The van der Waals surface area contributed by atoms with Gasteiger partial charge in [0.15, 0.2) is 0 Å². The predicted octanol–water partition coefficient (Wildman–Crippen LogP) is 3.54. The minimum Gasteiger partial charge on any atom is -0.379 e. The molecule has 1 aliphatic heterocycles. The SMILES string of the molecule is Cc1ccc2nc(-c3ccc(N/C=C(/C#N)C(=O)NCCN4CCOCC4)cc3)sc2c1. The first kappa shape index (κ1) is 22.0. The molecule has 4 rings (SSSR count). The number of benzene rings is 2. The molecule has 1 amide bonds. The lowest BCUT2D eigenvalue weighted by Crippen LogP contribution is -2.41. The van der Waals surface area contributed by atoms with Crippen LogP contribution in [0.25, 0.3) is 20.8 Å². The Morgan fingerprint density at radius 3 is 2.78 bits per heavy atom. The van der Waals surface area contributed by atoms with Gasteiger partial charge in [0, 0.05) is 43.6 Å². The third-order valence-corrected chi connectivity index (χ3v) is 6.31. The second kappa shape index (κ2) is 10.4. The summed E-state index contributed by atoms with van der Waals surface area (Å²) in [6.45, 7) is 6.49. The number of nitrogens with one attached hydrogen (secondary N) is 2. The Labute approximate surface area is 191 Å². The van der Waals surface area contributed by atoms with Gasteiger partial charge >= 0.3 is 0 Å². The van der Waals surface area contributed by atoms with E-state index in [0.29, 0.717) is 6.54 Å². The second-order valence-corrected chi connectivity index (χ2v) is 8.62. The van der Waals surface area contributed by atoms with E-state index in [4.69, 9.17) is 9.72 Å². The van der Waals surface area contributed by atoms with E-state index in [9.17, 15) is 10.1 Å². The Kier molecular flexibility index (Phi) is 7.12. The van der Waals surface area contributed by atoms with Crippen molar-refractivity contribution >= 4 is 33.1 Å². The number of nitrogens with zero attached hydrogens (tertiary/aromatic N) is 3. The Balaban J connectivity index is 1.34. The van der Waals surface area contributed by atoms with Crippen LogP contribution < -0.4 is 10.6 Å². The zero-order chi connectivity index (χ0) is 22.3. The average molecular weight is 448 g/mol. The molecule has 0 bridgehead atoms. The summed E-state index contributed by atoms with van der Waals surface area (Å²) >= 11 is 1.66. The van der Waals surface area contributed by atoms with Gasteiger partial charge in [0.2, 0.25) is 0 Å². The molecule has 0 aliphatic carbocycles. The number of ether oxygens (including phenoxy) is 1. The number of aromatic nitrogens is 1. The summed E-state index contributed by atoms with van der Waals surface area (Å²) in [6.07, 6.45) is 1.44. The normalized spacial score (nSPS) is 14.8. The van der Waals surface area contributed by atoms with Gasteiger partial charge in [-0.2, -0.15) is 5.26 Å². The molecule has 164 valence electrons. The van der Waals surface area contributed by atoms with Crippen LogP contribution in [0.1, 0.15) is 5.56 Å². The third kappa shape index (κ3) is 5.51. The zero-order valence-electron chi connectivity index (χ0n) is 17.9. The Morgan fingerprint density at radius 2 is 2.03 bits per heavy atom. The third-order valence-electron chi connectivity index (χ3n) is 5.24. The van der Waals surface area contributed by atoms with E-state index < -0.39 is 0 Å². The van der Waals surface area contributed by atoms with Crippen LogP contribution in [0.5, 0.6) is 0 Å². The van der Waals surface area contributed by atoms with Crippen LogP contribution in [0.15, 0.2) is 54.2 Å². The lowest BCUT2D eigenvalue weighted by Gasteiger charge is -2.26. The van der Waals surface area contributed by atoms with Gasteiger partial charge in [-0.3, -0.25) is 9.69 Å². The number of aryl methyl sites for hydroxylation is 1. The van der Waals surface area contributed by atoms with E-state index in [1.165, 1.54) is 16.5 Å². The summed E-state index contributed by atoms with van der Waals surface area (Å²) < 4.78 is 6.48. The summed E-state index contributed by atoms with van der Waals surface area (Å²) in [5.41, 5.74) is 4.08. The monoisotopic (exact) mass is 447 g/mol. The van der Waals surface area contributed by atoms with E-state index in [1.807, 2.05) is 36.4 Å². The molecule has 0 saturated carbocycles. The van der Waals surface area contributed by atoms with E-state index in [1.54, 1.807) is 11.3 Å². The summed E-state index contributed by atoms with van der Waals surface area (Å²) in [4.78, 5) is 19.2. The van der Waals surface area contributed by atoms with Gasteiger partial charge in [0.25, 0.3) is 5.91 Å². The number of morpholine rings is 1. The van der Waals surface area contributed by atoms with Crippen molar-refractivity contribution in [2.75, 3.05) is 44.7 Å². The Morgan fingerprint density at radius 1 is 1.25 bits per heavy atom. The van der Waals surface area contributed by atoms with Crippen LogP contribution in [-0.2, 0) is 9.53 Å². The minimum absolute atomic E-state index is 0.0394. The lowest BCUT2D eigenvalue weighted by molar-refractivity contribution is -0.117. The summed E-state index contributed by atoms with van der Waals surface area (Å²) in [5, 5.41) is 16.2. The molecule has 3 aromatic rings. The summed E-state index contributed by atoms with van der Waals surface area (Å²) in [5.74, 6) is -0.380. The Bertz CT molecular complexity index is 1160. The standard InChI is InChI=1S/C24H25N5O2S/c1-17-2-7-21-22(14-17)32-24(28-21)18-3-5-20(6-4-18)27-16-19(15-25)23(30)26-8-9-29-10-12-31-13-11-29/h2-7,14,16,27H,8-13H2,1H3,(H,26,30)/b19-16-. The van der Waals surface area contributed by atoms with Gasteiger partial charge in [-0.1, -0.05) is 6.07 Å². The first-order valence-electron chi connectivity index (χ1n) is 10.5. The van der Waals surface area contributed by atoms with Crippen LogP contribution in [0.2, 0.25) is 0 Å². The van der Waals surface area contributed by atoms with Crippen LogP contribution >= 0.6 is 11.3 Å². The van der Waals surface area contributed by atoms with Crippen LogP contribution in [-0.4, -0.2) is 55.2 Å². The fraction of sp³-hybridized carbons (Fsp3) is 0.292. The number of amides is 1. The maximum Gasteiger partial charge on any atom is 0.263 e. The molecule has 7 nitrogen and oxygen atoms in total. The minimum atomic E-state index is -0.380. The van der Waals surface area contributed by atoms with Crippen molar-refractivity contribution < 1.29 is 9.53 Å². The number of hydrogen-bond donors (Lipinski definition) is 2. The molecule has 0 spiro atoms. The number of anilines is 1. The first-order valence-corrected chi connectivity index (χ1v) is 11.4. The van der Waals surface area contributed by atoms with E-state index >= 15 is 0 Å². The smallest absolute Gasteiger partial charge is 0.263 e. The molecule has 8 heteroatoms. The number of rotatable bonds is 7. The van der Waals surface area contributed by atoms with Crippen molar-refractivity contribution in [1.29, 1.82) is 5.26 Å². The van der Waals surface area contributed by atoms with Gasteiger partial charge in [0.05, 0.1) is 23.4 Å². The van der Waals surface area contributed by atoms with Gasteiger partial charge in [-0.25, -0.2) is 4.98 Å². The second-order valence-electron chi connectivity index (χ2n) is 7.59. The largest absolute Gasteiger partial charge is 0.379 e. The van der Waals surface area contributed by atoms with E-state index in [2.05, 4.69) is 34.6 Å². The van der Waals surface area contributed by atoms with Crippen molar-refractivity contribution in [3.05, 3.63) is 59.8 Å². The molecule has 1 aromatic heterocycles. The van der Waals surface area contributed by atoms with Gasteiger partial charge in [-0.05, 0) is 48.9 Å². The molecule has 32 heavy (non-hydrogen) atoms. The number of hydrogen-bond acceptors (Lipinski definition) is 7. The molecule has 2 heterocycles. The molecule has 2 N–H and O–H groups in total. The van der Waals surface area contributed by atoms with E-state index in [0.717, 1.165) is 54.6 Å². The molecule has 0 unspecified atom stereocenters. The molecule has 1 saturated heterocycles. The number of thiazole rings is 1. The topological polar surface area (TPSA) is 90.3 Å².